The molecule has 5 unspecified atom stereocenters. The lowest BCUT2D eigenvalue weighted by Crippen LogP contribution is -2.45. The lowest BCUT2D eigenvalue weighted by atomic mass is 9.76. The van der Waals surface area contributed by atoms with Crippen LogP contribution >= 0.6 is 0 Å². The molecule has 0 saturated carbocycles. The lowest BCUT2D eigenvalue weighted by molar-refractivity contribution is -0.137. The van der Waals surface area contributed by atoms with Gasteiger partial charge in [-0.05, 0) is 24.6 Å². The summed E-state index contributed by atoms with van der Waals surface area (Å²) in [5.41, 5.74) is -0.00438. The third kappa shape index (κ3) is 2.70. The molecule has 8 heteroatoms. The smallest absolute Gasteiger partial charge is 0.230 e. The first-order valence-corrected chi connectivity index (χ1v) is 10.1. The van der Waals surface area contributed by atoms with Gasteiger partial charge in [-0.15, -0.1) is 0 Å². The van der Waals surface area contributed by atoms with Gasteiger partial charge in [0.2, 0.25) is 11.8 Å². The van der Waals surface area contributed by atoms with E-state index in [1.807, 2.05) is 30.7 Å². The number of hydrogen-bond donors (Lipinski definition) is 1. The van der Waals surface area contributed by atoms with Gasteiger partial charge in [0.25, 0.3) is 0 Å². The molecule has 1 aromatic carbocycles. The van der Waals surface area contributed by atoms with Crippen molar-refractivity contribution >= 4 is 11.8 Å². The first kappa shape index (κ1) is 19.0. The van der Waals surface area contributed by atoms with Crippen molar-refractivity contribution in [1.29, 1.82) is 0 Å². The Kier molecular flexibility index (Phi) is 4.28. The molecule has 2 amide bonds. The van der Waals surface area contributed by atoms with E-state index in [1.54, 1.807) is 29.4 Å². The Morgan fingerprint density at radius 3 is 2.83 bits per heavy atom. The third-order valence-corrected chi connectivity index (χ3v) is 6.47. The molecular formula is C22H23FN4O3. The van der Waals surface area contributed by atoms with Crippen LogP contribution in [0.2, 0.25) is 0 Å². The number of imidazole rings is 1. The summed E-state index contributed by atoms with van der Waals surface area (Å²) in [4.78, 5) is 32.6. The van der Waals surface area contributed by atoms with Crippen LogP contribution in [0.1, 0.15) is 24.4 Å². The fourth-order valence-electron chi connectivity index (χ4n) is 4.99. The molecule has 1 N–H and O–H groups in total. The van der Waals surface area contributed by atoms with Crippen molar-refractivity contribution in [3.8, 4) is 0 Å². The highest BCUT2D eigenvalue weighted by Crippen LogP contribution is 2.51. The largest absolute Gasteiger partial charge is 0.360 e. The lowest BCUT2D eigenvalue weighted by Gasteiger charge is -2.26. The molecule has 1 aromatic heterocycles. The van der Waals surface area contributed by atoms with Crippen molar-refractivity contribution in [3.63, 3.8) is 0 Å². The summed E-state index contributed by atoms with van der Waals surface area (Å²) in [7, 11) is 1.84. The van der Waals surface area contributed by atoms with Gasteiger partial charge >= 0.3 is 0 Å². The fraction of sp³-hybridized carbons (Fsp3) is 0.409. The summed E-state index contributed by atoms with van der Waals surface area (Å²) >= 11 is 0. The normalized spacial score (nSPS) is 30.0. The molecule has 7 nitrogen and oxygen atoms in total. The minimum atomic E-state index is -0.714. The van der Waals surface area contributed by atoms with Crippen LogP contribution in [0.25, 0.3) is 0 Å². The molecule has 3 aliphatic heterocycles. The number of rotatable bonds is 5. The van der Waals surface area contributed by atoms with Crippen LogP contribution in [0.3, 0.4) is 0 Å². The van der Waals surface area contributed by atoms with E-state index < -0.39 is 29.6 Å². The summed E-state index contributed by atoms with van der Waals surface area (Å²) in [6.45, 7) is 2.98. The predicted molar refractivity (Wildman–Crippen MR) is 106 cm³/mol. The Morgan fingerprint density at radius 2 is 2.17 bits per heavy atom. The van der Waals surface area contributed by atoms with Crippen LogP contribution in [0.15, 0.2) is 48.8 Å². The van der Waals surface area contributed by atoms with Gasteiger partial charge in [-0.3, -0.25) is 9.59 Å². The Bertz CT molecular complexity index is 1030. The van der Waals surface area contributed by atoms with E-state index in [1.165, 1.54) is 12.1 Å². The SMILES string of the molecule is CCN1CC23C=CC(O2)C(C(=O)NC(c2ccc(F)cc2)c2nccn2C)C3C1=O. The first-order chi connectivity index (χ1) is 14.4. The number of ether oxygens (including phenoxy) is 1. The molecule has 4 heterocycles. The number of amides is 2. The van der Waals surface area contributed by atoms with Crippen LogP contribution in [0.4, 0.5) is 4.39 Å². The van der Waals surface area contributed by atoms with Gasteiger partial charge < -0.3 is 19.5 Å². The zero-order valence-corrected chi connectivity index (χ0v) is 16.8. The summed E-state index contributed by atoms with van der Waals surface area (Å²) in [6.07, 6.45) is 6.84. The molecule has 3 aliphatic rings. The Morgan fingerprint density at radius 1 is 1.40 bits per heavy atom. The summed E-state index contributed by atoms with van der Waals surface area (Å²) in [5, 5.41) is 3.06. The van der Waals surface area contributed by atoms with Gasteiger partial charge in [0.05, 0.1) is 24.5 Å². The second kappa shape index (κ2) is 6.77. The van der Waals surface area contributed by atoms with Crippen LogP contribution < -0.4 is 5.32 Å². The van der Waals surface area contributed by atoms with E-state index in [0.717, 1.165) is 0 Å². The number of fused-ring (bicyclic) bond motifs is 1. The Labute approximate surface area is 173 Å². The van der Waals surface area contributed by atoms with E-state index in [4.69, 9.17) is 4.74 Å². The highest BCUT2D eigenvalue weighted by Gasteiger charge is 2.66. The Hall–Kier alpha value is -3.00. The number of carbonyl (C=O) groups excluding carboxylic acids is 2. The average Bonchev–Trinajstić information content (AvgIpc) is 3.48. The highest BCUT2D eigenvalue weighted by molar-refractivity contribution is 5.93. The van der Waals surface area contributed by atoms with Gasteiger partial charge in [0.1, 0.15) is 23.3 Å². The number of halogens is 1. The molecule has 2 aromatic rings. The molecule has 2 saturated heterocycles. The average molecular weight is 410 g/mol. The number of likely N-dealkylation sites (tertiary alicyclic amines) is 1. The third-order valence-electron chi connectivity index (χ3n) is 6.47. The molecular weight excluding hydrogens is 387 g/mol. The van der Waals surface area contributed by atoms with Gasteiger partial charge in [-0.1, -0.05) is 24.3 Å². The molecule has 5 atom stereocenters. The topological polar surface area (TPSA) is 76.5 Å². The van der Waals surface area contributed by atoms with Crippen molar-refractivity contribution in [1.82, 2.24) is 19.8 Å². The molecule has 5 rings (SSSR count). The second-order valence-corrected chi connectivity index (χ2v) is 8.14. The van der Waals surface area contributed by atoms with E-state index in [0.29, 0.717) is 24.5 Å². The number of benzene rings is 1. The summed E-state index contributed by atoms with van der Waals surface area (Å²) in [6, 6.07) is 5.40. The molecule has 2 bridgehead atoms. The molecule has 30 heavy (non-hydrogen) atoms. The molecule has 0 aliphatic carbocycles. The van der Waals surface area contributed by atoms with Crippen molar-refractivity contribution in [3.05, 3.63) is 66.0 Å². The maximum Gasteiger partial charge on any atom is 0.230 e. The van der Waals surface area contributed by atoms with Crippen LogP contribution in [0.5, 0.6) is 0 Å². The molecule has 2 fully saturated rings. The van der Waals surface area contributed by atoms with Gasteiger partial charge in [-0.25, -0.2) is 9.37 Å². The standard InChI is InChI=1S/C22H23FN4O3/c1-3-27-12-22-9-8-15(30-22)16(17(22)21(27)29)20(28)25-18(19-24-10-11-26(19)2)13-4-6-14(23)7-5-13/h4-11,15-18H,3,12H2,1-2H3,(H,25,28). The van der Waals surface area contributed by atoms with Crippen LogP contribution in [-0.2, 0) is 21.4 Å². The maximum atomic E-state index is 13.5. The number of nitrogens with zero attached hydrogens (tertiary/aromatic N) is 3. The van der Waals surface area contributed by atoms with E-state index in [-0.39, 0.29) is 17.6 Å². The number of aryl methyl sites for hydroxylation is 1. The van der Waals surface area contributed by atoms with E-state index in [9.17, 15) is 14.0 Å². The minimum absolute atomic E-state index is 0.0418. The van der Waals surface area contributed by atoms with E-state index >= 15 is 0 Å². The zero-order valence-electron chi connectivity index (χ0n) is 16.8. The van der Waals surface area contributed by atoms with Gasteiger partial charge in [0.15, 0.2) is 0 Å². The van der Waals surface area contributed by atoms with Crippen molar-refractivity contribution in [2.75, 3.05) is 13.1 Å². The fourth-order valence-corrected chi connectivity index (χ4v) is 4.99. The quantitative estimate of drug-likeness (QED) is 0.760. The maximum absolute atomic E-state index is 13.5. The zero-order chi connectivity index (χ0) is 21.0. The second-order valence-electron chi connectivity index (χ2n) is 8.14. The van der Waals surface area contributed by atoms with Crippen molar-refractivity contribution < 1.29 is 18.7 Å². The Balaban J connectivity index is 1.47. The number of likely N-dealkylation sites (N-methyl/N-ethyl adjacent to an activating group) is 1. The highest BCUT2D eigenvalue weighted by atomic mass is 19.1. The molecule has 0 radical (unpaired) electrons. The minimum Gasteiger partial charge on any atom is -0.360 e. The molecule has 156 valence electrons. The van der Waals surface area contributed by atoms with Crippen LogP contribution in [0, 0.1) is 17.7 Å². The van der Waals surface area contributed by atoms with Crippen molar-refractivity contribution in [2.24, 2.45) is 18.9 Å². The van der Waals surface area contributed by atoms with Crippen molar-refractivity contribution in [2.45, 2.75) is 24.7 Å². The van der Waals surface area contributed by atoms with E-state index in [2.05, 4.69) is 10.3 Å². The number of hydrogen-bond acceptors (Lipinski definition) is 4. The summed E-state index contributed by atoms with van der Waals surface area (Å²) < 4.78 is 21.4. The number of aromatic nitrogens is 2. The predicted octanol–water partition coefficient (Wildman–Crippen LogP) is 1.57. The first-order valence-electron chi connectivity index (χ1n) is 10.1. The molecule has 1 spiro atoms. The van der Waals surface area contributed by atoms with Gasteiger partial charge in [0, 0.05) is 26.0 Å². The van der Waals surface area contributed by atoms with Gasteiger partial charge in [-0.2, -0.15) is 0 Å². The monoisotopic (exact) mass is 410 g/mol. The number of nitrogens with one attached hydrogen (secondary N) is 1. The van der Waals surface area contributed by atoms with Crippen LogP contribution in [-0.4, -0.2) is 51.1 Å². The number of carbonyl (C=O) groups is 2. The summed E-state index contributed by atoms with van der Waals surface area (Å²) in [5.74, 6) is -1.17.